The molecule has 0 atom stereocenters. The third-order valence-electron chi connectivity index (χ3n) is 2.36. The van der Waals surface area contributed by atoms with Crippen molar-refractivity contribution in [2.75, 3.05) is 0 Å². The lowest BCUT2D eigenvalue weighted by Gasteiger charge is -1.91. The second kappa shape index (κ2) is 5.25. The van der Waals surface area contributed by atoms with Gasteiger partial charge in [0.15, 0.2) is 0 Å². The number of fused-ring (bicyclic) bond motifs is 1. The fourth-order valence-electron chi connectivity index (χ4n) is 1.55. The van der Waals surface area contributed by atoms with Crippen molar-refractivity contribution in [1.82, 2.24) is 14.8 Å². The highest BCUT2D eigenvalue weighted by molar-refractivity contribution is 5.77. The van der Waals surface area contributed by atoms with Gasteiger partial charge >= 0.3 is 0 Å². The first kappa shape index (κ1) is 11.3. The van der Waals surface area contributed by atoms with Crippen molar-refractivity contribution in [2.45, 2.75) is 6.92 Å². The molecule has 0 saturated carbocycles. The van der Waals surface area contributed by atoms with Gasteiger partial charge < -0.3 is 0 Å². The van der Waals surface area contributed by atoms with Crippen molar-refractivity contribution in [3.63, 3.8) is 0 Å². The normalized spacial score (nSPS) is 9.76. The van der Waals surface area contributed by atoms with Gasteiger partial charge in [-0.25, -0.2) is 0 Å². The number of pyridine rings is 1. The molecule has 0 radical (unpaired) electrons. The molecule has 17 heavy (non-hydrogen) atoms. The summed E-state index contributed by atoms with van der Waals surface area (Å²) in [6.07, 6.45) is 3.73. The van der Waals surface area contributed by atoms with E-state index < -0.39 is 0 Å². The van der Waals surface area contributed by atoms with E-state index >= 15 is 0 Å². The van der Waals surface area contributed by atoms with Crippen molar-refractivity contribution in [2.24, 2.45) is 7.05 Å². The van der Waals surface area contributed by atoms with Gasteiger partial charge in [-0.15, -0.1) is 0 Å². The third-order valence-corrected chi connectivity index (χ3v) is 2.36. The van der Waals surface area contributed by atoms with Crippen LogP contribution in [0.25, 0.3) is 10.9 Å². The molecule has 0 fully saturated rings. The number of rotatable bonds is 0. The first-order valence-corrected chi connectivity index (χ1v) is 5.52. The highest BCUT2D eigenvalue weighted by atomic mass is 15.2. The Balaban J connectivity index is 0.000000136. The summed E-state index contributed by atoms with van der Waals surface area (Å²) in [4.78, 5) is 4.18. The monoisotopic (exact) mass is 225 g/mol. The Bertz CT molecular complexity index is 517. The van der Waals surface area contributed by atoms with Crippen LogP contribution < -0.4 is 0 Å². The Morgan fingerprint density at radius 3 is 2.35 bits per heavy atom. The molecule has 1 aromatic carbocycles. The zero-order chi connectivity index (χ0) is 12.1. The van der Waals surface area contributed by atoms with Gasteiger partial charge in [-0.2, -0.15) is 5.10 Å². The number of aromatic nitrogens is 3. The van der Waals surface area contributed by atoms with E-state index in [2.05, 4.69) is 22.2 Å². The number of hydrogen-bond acceptors (Lipinski definition) is 2. The van der Waals surface area contributed by atoms with Gasteiger partial charge in [0.25, 0.3) is 0 Å². The van der Waals surface area contributed by atoms with Crippen molar-refractivity contribution in [3.8, 4) is 0 Å². The summed E-state index contributed by atoms with van der Waals surface area (Å²) >= 11 is 0. The van der Waals surface area contributed by atoms with Crippen LogP contribution in [-0.4, -0.2) is 14.8 Å². The number of aryl methyl sites for hydroxylation is 2. The molecule has 0 spiro atoms. The van der Waals surface area contributed by atoms with E-state index in [1.807, 2.05) is 56.7 Å². The van der Waals surface area contributed by atoms with Gasteiger partial charge in [0.2, 0.25) is 0 Å². The lowest BCUT2D eigenvalue weighted by molar-refractivity contribution is 0.756. The molecule has 0 aliphatic carbocycles. The van der Waals surface area contributed by atoms with Crippen molar-refractivity contribution in [1.29, 1.82) is 0 Å². The summed E-state index contributed by atoms with van der Waals surface area (Å²) in [6.45, 7) is 1.97. The first-order chi connectivity index (χ1) is 8.25. The molecule has 3 heteroatoms. The smallest absolute Gasteiger partial charge is 0.0701 e. The van der Waals surface area contributed by atoms with Crippen LogP contribution in [0.3, 0.4) is 0 Å². The fourth-order valence-corrected chi connectivity index (χ4v) is 1.55. The zero-order valence-electron chi connectivity index (χ0n) is 10.0. The minimum Gasteiger partial charge on any atom is -0.276 e. The van der Waals surface area contributed by atoms with Gasteiger partial charge in [-0.1, -0.05) is 24.3 Å². The highest BCUT2D eigenvalue weighted by Gasteiger charge is 1.86. The Morgan fingerprint density at radius 2 is 1.76 bits per heavy atom. The SMILES string of the molecule is Cc1ccn(C)n1.c1ccc2ncccc2c1. The molecule has 0 aliphatic heterocycles. The summed E-state index contributed by atoms with van der Waals surface area (Å²) in [7, 11) is 1.91. The molecule has 86 valence electrons. The van der Waals surface area contributed by atoms with E-state index in [1.165, 1.54) is 5.39 Å². The molecule has 2 heterocycles. The Labute approximate surface area is 101 Å². The Kier molecular flexibility index (Phi) is 3.50. The third kappa shape index (κ3) is 3.14. The van der Waals surface area contributed by atoms with Crippen molar-refractivity contribution >= 4 is 10.9 Å². The van der Waals surface area contributed by atoms with Crippen LogP contribution in [0.2, 0.25) is 0 Å². The summed E-state index contributed by atoms with van der Waals surface area (Å²) in [5.41, 5.74) is 2.13. The summed E-state index contributed by atoms with van der Waals surface area (Å²) in [5.74, 6) is 0. The van der Waals surface area contributed by atoms with Crippen molar-refractivity contribution < 1.29 is 0 Å². The summed E-state index contributed by atoms with van der Waals surface area (Å²) < 4.78 is 1.79. The average Bonchev–Trinajstić information content (AvgIpc) is 2.74. The molecule has 3 nitrogen and oxygen atoms in total. The molecule has 0 aliphatic rings. The van der Waals surface area contributed by atoms with E-state index in [0.29, 0.717) is 0 Å². The minimum absolute atomic E-state index is 1.06. The molecule has 0 N–H and O–H groups in total. The molecule has 2 aromatic heterocycles. The lowest BCUT2D eigenvalue weighted by Crippen LogP contribution is -1.86. The highest BCUT2D eigenvalue weighted by Crippen LogP contribution is 2.07. The predicted molar refractivity (Wildman–Crippen MR) is 69.7 cm³/mol. The zero-order valence-corrected chi connectivity index (χ0v) is 10.0. The maximum atomic E-state index is 4.18. The largest absolute Gasteiger partial charge is 0.276 e. The Morgan fingerprint density at radius 1 is 1.00 bits per heavy atom. The van der Waals surface area contributed by atoms with E-state index in [4.69, 9.17) is 0 Å². The van der Waals surface area contributed by atoms with E-state index in [1.54, 1.807) is 4.68 Å². The average molecular weight is 225 g/mol. The molecular weight excluding hydrogens is 210 g/mol. The molecule has 0 unspecified atom stereocenters. The molecular formula is C14H15N3. The molecule has 3 aromatic rings. The van der Waals surface area contributed by atoms with Crippen LogP contribution in [0.5, 0.6) is 0 Å². The maximum Gasteiger partial charge on any atom is 0.0701 e. The lowest BCUT2D eigenvalue weighted by atomic mass is 10.2. The van der Waals surface area contributed by atoms with Crippen LogP contribution in [0.4, 0.5) is 0 Å². The van der Waals surface area contributed by atoms with Crippen LogP contribution in [0.1, 0.15) is 5.69 Å². The second-order valence-corrected chi connectivity index (χ2v) is 3.83. The van der Waals surface area contributed by atoms with E-state index in [0.717, 1.165) is 11.2 Å². The van der Waals surface area contributed by atoms with Crippen LogP contribution in [0, 0.1) is 6.92 Å². The Hall–Kier alpha value is -2.16. The topological polar surface area (TPSA) is 30.7 Å². The maximum absolute atomic E-state index is 4.18. The van der Waals surface area contributed by atoms with Gasteiger partial charge in [-0.05, 0) is 25.1 Å². The van der Waals surface area contributed by atoms with Gasteiger partial charge in [0.1, 0.15) is 0 Å². The van der Waals surface area contributed by atoms with Crippen molar-refractivity contribution in [3.05, 3.63) is 60.6 Å². The number of nitrogens with zero attached hydrogens (tertiary/aromatic N) is 3. The summed E-state index contributed by atoms with van der Waals surface area (Å²) in [5, 5.41) is 5.23. The molecule has 3 rings (SSSR count). The fraction of sp³-hybridized carbons (Fsp3) is 0.143. The van der Waals surface area contributed by atoms with Crippen LogP contribution >= 0.6 is 0 Å². The molecule has 0 bridgehead atoms. The van der Waals surface area contributed by atoms with Gasteiger partial charge in [0.05, 0.1) is 11.2 Å². The van der Waals surface area contributed by atoms with Crippen LogP contribution in [-0.2, 0) is 7.05 Å². The first-order valence-electron chi connectivity index (χ1n) is 5.52. The van der Waals surface area contributed by atoms with E-state index in [-0.39, 0.29) is 0 Å². The standard InChI is InChI=1S/C9H7N.C5H8N2/c1-2-6-9-8(4-1)5-3-7-10-9;1-5-3-4-7(2)6-5/h1-7H;3-4H,1-2H3. The predicted octanol–water partition coefficient (Wildman–Crippen LogP) is 2.96. The van der Waals surface area contributed by atoms with Gasteiger partial charge in [0, 0.05) is 24.8 Å². The summed E-state index contributed by atoms with van der Waals surface area (Å²) in [6, 6.07) is 14.1. The number of hydrogen-bond donors (Lipinski definition) is 0. The van der Waals surface area contributed by atoms with E-state index in [9.17, 15) is 0 Å². The number of para-hydroxylation sites is 1. The quantitative estimate of drug-likeness (QED) is 0.589. The molecule has 0 amide bonds. The number of benzene rings is 1. The molecule has 0 saturated heterocycles. The van der Waals surface area contributed by atoms with Gasteiger partial charge in [-0.3, -0.25) is 9.67 Å². The minimum atomic E-state index is 1.06. The van der Waals surface area contributed by atoms with Crippen LogP contribution in [0.15, 0.2) is 54.9 Å². The second-order valence-electron chi connectivity index (χ2n) is 3.83.